The zero-order valence-electron chi connectivity index (χ0n) is 18.1. The number of aromatic nitrogens is 2. The molecule has 2 N–H and O–H groups in total. The Bertz CT molecular complexity index is 1050. The van der Waals surface area contributed by atoms with E-state index in [0.717, 1.165) is 28.0 Å². The van der Waals surface area contributed by atoms with Gasteiger partial charge in [0.05, 0.1) is 30.4 Å². The van der Waals surface area contributed by atoms with E-state index in [9.17, 15) is 4.79 Å². The summed E-state index contributed by atoms with van der Waals surface area (Å²) in [5.74, 6) is 0.368. The largest absolute Gasteiger partial charge is 0.462 e. The van der Waals surface area contributed by atoms with Crippen molar-refractivity contribution in [3.05, 3.63) is 57.7 Å². The van der Waals surface area contributed by atoms with E-state index in [1.54, 1.807) is 6.92 Å². The first-order valence-corrected chi connectivity index (χ1v) is 10.9. The summed E-state index contributed by atoms with van der Waals surface area (Å²) in [7, 11) is 0. The first-order chi connectivity index (χ1) is 14.5. The van der Waals surface area contributed by atoms with Crippen LogP contribution in [0.5, 0.6) is 0 Å². The molecular weight excluding hydrogens is 525 g/mol. The molecule has 0 fully saturated rings. The second kappa shape index (κ2) is 11.9. The lowest BCUT2D eigenvalue weighted by molar-refractivity contribution is 0.0531. The van der Waals surface area contributed by atoms with Gasteiger partial charge in [0.2, 0.25) is 0 Å². The molecule has 166 valence electrons. The molecule has 7 nitrogen and oxygen atoms in total. The minimum atomic E-state index is -0.323. The molecule has 1 aromatic carbocycles. The van der Waals surface area contributed by atoms with Gasteiger partial charge in [-0.25, -0.2) is 14.8 Å². The minimum Gasteiger partial charge on any atom is -0.462 e. The Morgan fingerprint density at radius 3 is 2.77 bits per heavy atom. The Morgan fingerprint density at radius 2 is 2.03 bits per heavy atom. The number of hydrogen-bond acceptors (Lipinski definition) is 6. The van der Waals surface area contributed by atoms with Crippen LogP contribution < -0.4 is 10.6 Å². The molecule has 1 unspecified atom stereocenters. The van der Waals surface area contributed by atoms with Crippen molar-refractivity contribution in [2.24, 2.45) is 4.99 Å². The molecule has 3 aromatic rings. The normalized spacial score (nSPS) is 12.2. The molecule has 0 aliphatic carbocycles. The van der Waals surface area contributed by atoms with Crippen molar-refractivity contribution in [2.45, 2.75) is 40.3 Å². The van der Waals surface area contributed by atoms with Gasteiger partial charge in [-0.2, -0.15) is 0 Å². The number of aliphatic imine (C=N–C) groups is 1. The van der Waals surface area contributed by atoms with Crippen LogP contribution in [0.15, 0.2) is 41.5 Å². The van der Waals surface area contributed by atoms with Crippen LogP contribution in [0.25, 0.3) is 10.9 Å². The lowest BCUT2D eigenvalue weighted by Crippen LogP contribution is -2.38. The average molecular weight is 553 g/mol. The number of carbonyl (C=O) groups excluding carboxylic acids is 1. The second-order valence-corrected chi connectivity index (χ2v) is 7.77. The Kier molecular flexibility index (Phi) is 9.63. The number of aryl methyl sites for hydroxylation is 1. The quantitative estimate of drug-likeness (QED) is 0.192. The lowest BCUT2D eigenvalue weighted by Gasteiger charge is -2.16. The summed E-state index contributed by atoms with van der Waals surface area (Å²) >= 11 is 1.35. The number of thiazole rings is 1. The molecule has 9 heteroatoms. The van der Waals surface area contributed by atoms with Crippen molar-refractivity contribution in [1.29, 1.82) is 0 Å². The molecule has 0 amide bonds. The lowest BCUT2D eigenvalue weighted by atomic mass is 10.1. The van der Waals surface area contributed by atoms with Crippen LogP contribution in [-0.2, 0) is 11.3 Å². The molecule has 0 radical (unpaired) electrons. The number of rotatable bonds is 7. The fourth-order valence-electron chi connectivity index (χ4n) is 3.03. The maximum atomic E-state index is 12.1. The number of ether oxygens (including phenoxy) is 1. The maximum Gasteiger partial charge on any atom is 0.350 e. The molecular formula is C22H28IN5O2S. The number of pyridine rings is 1. The van der Waals surface area contributed by atoms with Crippen LogP contribution in [0.2, 0.25) is 0 Å². The number of hydrogen-bond donors (Lipinski definition) is 2. The minimum absolute atomic E-state index is 0. The number of guanidine groups is 1. The first-order valence-electron chi connectivity index (χ1n) is 10.0. The summed E-state index contributed by atoms with van der Waals surface area (Å²) in [5, 5.41) is 8.57. The number of benzene rings is 1. The van der Waals surface area contributed by atoms with Gasteiger partial charge >= 0.3 is 5.97 Å². The molecule has 31 heavy (non-hydrogen) atoms. The highest BCUT2D eigenvalue weighted by Gasteiger charge is 2.20. The summed E-state index contributed by atoms with van der Waals surface area (Å²) in [6, 6.07) is 9.94. The fourth-order valence-corrected chi connectivity index (χ4v) is 4.00. The second-order valence-electron chi connectivity index (χ2n) is 6.74. The van der Waals surface area contributed by atoms with Crippen molar-refractivity contribution < 1.29 is 9.53 Å². The third-order valence-electron chi connectivity index (χ3n) is 4.49. The van der Waals surface area contributed by atoms with E-state index < -0.39 is 0 Å². The monoisotopic (exact) mass is 553 g/mol. The smallest absolute Gasteiger partial charge is 0.350 e. The number of nitrogens with one attached hydrogen (secondary N) is 2. The van der Waals surface area contributed by atoms with Crippen LogP contribution >= 0.6 is 35.3 Å². The Morgan fingerprint density at radius 1 is 1.26 bits per heavy atom. The van der Waals surface area contributed by atoms with Gasteiger partial charge in [0, 0.05) is 18.1 Å². The third-order valence-corrected chi connectivity index (χ3v) is 5.81. The number of nitrogens with zero attached hydrogens (tertiary/aromatic N) is 3. The van der Waals surface area contributed by atoms with Gasteiger partial charge in [0.15, 0.2) is 5.96 Å². The SMILES string of the molecule is CCNC(=NCc1ccnc2ccccc12)NC(C)c1nc(C)c(C(=O)OCC)s1.I. The Labute approximate surface area is 203 Å². The van der Waals surface area contributed by atoms with Crippen molar-refractivity contribution in [2.75, 3.05) is 13.2 Å². The molecule has 3 rings (SSSR count). The number of para-hydroxylation sites is 1. The van der Waals surface area contributed by atoms with Crippen molar-refractivity contribution in [1.82, 2.24) is 20.6 Å². The number of fused-ring (bicyclic) bond motifs is 1. The van der Waals surface area contributed by atoms with Crippen molar-refractivity contribution in [3.63, 3.8) is 0 Å². The summed E-state index contributed by atoms with van der Waals surface area (Å²) in [4.78, 5) is 26.3. The topological polar surface area (TPSA) is 88.5 Å². The highest BCUT2D eigenvalue weighted by Crippen LogP contribution is 2.24. The Balaban J connectivity index is 0.00000341. The molecule has 2 aromatic heterocycles. The molecule has 0 bridgehead atoms. The molecule has 0 saturated heterocycles. The van der Waals surface area contributed by atoms with Gasteiger partial charge in [0.25, 0.3) is 0 Å². The van der Waals surface area contributed by atoms with Gasteiger partial charge in [0.1, 0.15) is 9.88 Å². The molecule has 0 spiro atoms. The van der Waals surface area contributed by atoms with Gasteiger partial charge in [-0.3, -0.25) is 4.98 Å². The molecule has 1 atom stereocenters. The summed E-state index contributed by atoms with van der Waals surface area (Å²) in [6.07, 6.45) is 1.81. The van der Waals surface area contributed by atoms with Crippen molar-refractivity contribution >= 4 is 58.1 Å². The number of esters is 1. The van der Waals surface area contributed by atoms with Gasteiger partial charge < -0.3 is 15.4 Å². The molecule has 0 saturated carbocycles. The van der Waals surface area contributed by atoms with E-state index >= 15 is 0 Å². The average Bonchev–Trinajstić information content (AvgIpc) is 3.14. The molecule has 2 heterocycles. The highest BCUT2D eigenvalue weighted by molar-refractivity contribution is 14.0. The first kappa shape index (κ1) is 25.0. The van der Waals surface area contributed by atoms with Gasteiger partial charge in [-0.15, -0.1) is 35.3 Å². The predicted octanol–water partition coefficient (Wildman–Crippen LogP) is 4.61. The fraction of sp³-hybridized carbons (Fsp3) is 0.364. The number of carbonyl (C=O) groups is 1. The van der Waals surface area contributed by atoms with E-state index in [2.05, 4.69) is 26.7 Å². The van der Waals surface area contributed by atoms with Crippen molar-refractivity contribution in [3.8, 4) is 0 Å². The van der Waals surface area contributed by atoms with Crippen LogP contribution in [-0.4, -0.2) is 35.0 Å². The molecule has 0 aliphatic heterocycles. The van der Waals surface area contributed by atoms with Gasteiger partial charge in [-0.1, -0.05) is 18.2 Å². The van der Waals surface area contributed by atoms with Crippen LogP contribution in [0.3, 0.4) is 0 Å². The Hall–Kier alpha value is -2.27. The van der Waals surface area contributed by atoms with Crippen LogP contribution in [0.4, 0.5) is 0 Å². The summed E-state index contributed by atoms with van der Waals surface area (Å²) in [5.41, 5.74) is 2.76. The van der Waals surface area contributed by atoms with E-state index in [-0.39, 0.29) is 36.0 Å². The number of halogens is 1. The zero-order chi connectivity index (χ0) is 21.5. The van der Waals surface area contributed by atoms with E-state index in [0.29, 0.717) is 29.7 Å². The standard InChI is InChI=1S/C22H27N5O2S.HI/c1-5-23-22(25-13-16-11-12-24-18-10-8-7-9-17(16)18)27-15(4)20-26-14(3)19(30-20)21(28)29-6-2;/h7-12,15H,5-6,13H2,1-4H3,(H2,23,25,27);1H. The summed E-state index contributed by atoms with van der Waals surface area (Å²) < 4.78 is 5.11. The van der Waals surface area contributed by atoms with Crippen LogP contribution in [0.1, 0.15) is 52.7 Å². The predicted molar refractivity (Wildman–Crippen MR) is 136 cm³/mol. The van der Waals surface area contributed by atoms with E-state index in [1.807, 2.05) is 51.2 Å². The molecule has 0 aliphatic rings. The third kappa shape index (κ3) is 6.36. The zero-order valence-corrected chi connectivity index (χ0v) is 21.3. The highest BCUT2D eigenvalue weighted by atomic mass is 127. The maximum absolute atomic E-state index is 12.1. The van der Waals surface area contributed by atoms with E-state index in [4.69, 9.17) is 9.73 Å². The van der Waals surface area contributed by atoms with E-state index in [1.165, 1.54) is 11.3 Å². The summed E-state index contributed by atoms with van der Waals surface area (Å²) in [6.45, 7) is 9.26. The van der Waals surface area contributed by atoms with Gasteiger partial charge in [-0.05, 0) is 45.4 Å². The van der Waals surface area contributed by atoms with Crippen LogP contribution in [0, 0.1) is 6.92 Å².